The van der Waals surface area contributed by atoms with E-state index in [1.54, 1.807) is 7.11 Å². The topological polar surface area (TPSA) is 26.3 Å². The molecule has 0 aromatic heterocycles. The standard InChI is InChI=1S/C20H28O2S/c1-16(2)10-8-11-17(3)12-9-15-19(21)20(22-4)23-18-13-6-5-7-14-18/h5-7,10,12-14,20H,8-9,11,15H2,1-4H3. The van der Waals surface area contributed by atoms with Crippen LogP contribution in [0.5, 0.6) is 0 Å². The molecule has 1 atom stereocenters. The molecule has 0 saturated heterocycles. The molecular weight excluding hydrogens is 304 g/mol. The first-order chi connectivity index (χ1) is 11.0. The summed E-state index contributed by atoms with van der Waals surface area (Å²) >= 11 is 1.47. The second-order valence-electron chi connectivity index (χ2n) is 5.87. The number of hydrogen-bond donors (Lipinski definition) is 0. The lowest BCUT2D eigenvalue weighted by atomic mass is 10.1. The fourth-order valence-electron chi connectivity index (χ4n) is 2.14. The number of allylic oxidation sites excluding steroid dienone is 4. The van der Waals surface area contributed by atoms with Crippen LogP contribution in [0, 0.1) is 0 Å². The second kappa shape index (κ2) is 11.3. The third-order valence-corrected chi connectivity index (χ3v) is 4.65. The van der Waals surface area contributed by atoms with Crippen molar-refractivity contribution in [3.8, 4) is 0 Å². The average Bonchev–Trinajstić information content (AvgIpc) is 2.53. The van der Waals surface area contributed by atoms with Crippen LogP contribution in [-0.2, 0) is 9.53 Å². The van der Waals surface area contributed by atoms with Gasteiger partial charge in [-0.2, -0.15) is 0 Å². The molecule has 2 nitrogen and oxygen atoms in total. The van der Waals surface area contributed by atoms with Crippen LogP contribution >= 0.6 is 11.8 Å². The summed E-state index contributed by atoms with van der Waals surface area (Å²) in [4.78, 5) is 13.3. The lowest BCUT2D eigenvalue weighted by Gasteiger charge is -2.13. The molecule has 0 amide bonds. The minimum atomic E-state index is -0.420. The van der Waals surface area contributed by atoms with E-state index in [1.165, 1.54) is 22.9 Å². The zero-order valence-electron chi connectivity index (χ0n) is 14.7. The molecule has 126 valence electrons. The molecule has 1 unspecified atom stereocenters. The van der Waals surface area contributed by atoms with E-state index < -0.39 is 5.44 Å². The number of ketones is 1. The maximum Gasteiger partial charge on any atom is 0.172 e. The number of methoxy groups -OCH3 is 1. The first kappa shape index (κ1) is 19.7. The third-order valence-electron chi connectivity index (χ3n) is 3.44. The van der Waals surface area contributed by atoms with Gasteiger partial charge in [0, 0.05) is 18.4 Å². The highest BCUT2D eigenvalue weighted by atomic mass is 32.2. The molecule has 0 bridgehead atoms. The van der Waals surface area contributed by atoms with Gasteiger partial charge in [-0.25, -0.2) is 0 Å². The van der Waals surface area contributed by atoms with Crippen molar-refractivity contribution in [3.05, 3.63) is 53.6 Å². The van der Waals surface area contributed by atoms with Gasteiger partial charge in [-0.1, -0.05) is 53.3 Å². The van der Waals surface area contributed by atoms with E-state index in [0.29, 0.717) is 6.42 Å². The molecule has 1 aromatic carbocycles. The van der Waals surface area contributed by atoms with Crippen molar-refractivity contribution < 1.29 is 9.53 Å². The Kier molecular flexibility index (Phi) is 9.65. The van der Waals surface area contributed by atoms with Crippen LogP contribution in [0.15, 0.2) is 58.5 Å². The van der Waals surface area contributed by atoms with E-state index >= 15 is 0 Å². The van der Waals surface area contributed by atoms with Gasteiger partial charge in [-0.15, -0.1) is 0 Å². The highest BCUT2D eigenvalue weighted by Crippen LogP contribution is 2.25. The molecule has 1 aromatic rings. The van der Waals surface area contributed by atoms with Gasteiger partial charge in [0.2, 0.25) is 0 Å². The fraction of sp³-hybridized carbons (Fsp3) is 0.450. The SMILES string of the molecule is COC(Sc1ccccc1)C(=O)CCC=C(C)CCC=C(C)C. The predicted octanol–water partition coefficient (Wildman–Crippen LogP) is 5.79. The molecule has 0 aliphatic carbocycles. The summed E-state index contributed by atoms with van der Waals surface area (Å²) in [6, 6.07) is 9.90. The zero-order chi connectivity index (χ0) is 17.1. The minimum absolute atomic E-state index is 0.148. The number of benzene rings is 1. The number of Topliss-reactive ketones (excluding diaryl/α,β-unsaturated/α-hetero) is 1. The number of rotatable bonds is 10. The van der Waals surface area contributed by atoms with Gasteiger partial charge in [0.05, 0.1) is 0 Å². The van der Waals surface area contributed by atoms with E-state index in [1.807, 2.05) is 30.3 Å². The van der Waals surface area contributed by atoms with E-state index in [-0.39, 0.29) is 5.78 Å². The van der Waals surface area contributed by atoms with Crippen LogP contribution in [0.3, 0.4) is 0 Å². The maximum absolute atomic E-state index is 12.3. The largest absolute Gasteiger partial charge is 0.363 e. The Bertz CT molecular complexity index is 528. The molecule has 0 aliphatic rings. The Morgan fingerprint density at radius 3 is 2.35 bits per heavy atom. The van der Waals surface area contributed by atoms with Crippen LogP contribution < -0.4 is 0 Å². The second-order valence-corrected chi connectivity index (χ2v) is 7.01. The van der Waals surface area contributed by atoms with Crippen molar-refractivity contribution in [3.63, 3.8) is 0 Å². The fourth-order valence-corrected chi connectivity index (χ4v) is 3.04. The number of thioether (sulfide) groups is 1. The van der Waals surface area contributed by atoms with Gasteiger partial charge in [0.1, 0.15) is 0 Å². The molecule has 0 fully saturated rings. The van der Waals surface area contributed by atoms with Crippen molar-refractivity contribution >= 4 is 17.5 Å². The summed E-state index contributed by atoms with van der Waals surface area (Å²) in [5.74, 6) is 0.148. The van der Waals surface area contributed by atoms with Gasteiger partial charge in [-0.3, -0.25) is 4.79 Å². The average molecular weight is 333 g/mol. The van der Waals surface area contributed by atoms with Crippen LogP contribution in [0.4, 0.5) is 0 Å². The monoisotopic (exact) mass is 332 g/mol. The van der Waals surface area contributed by atoms with Crippen LogP contribution in [-0.4, -0.2) is 18.3 Å². The van der Waals surface area contributed by atoms with Crippen LogP contribution in [0.2, 0.25) is 0 Å². The summed E-state index contributed by atoms with van der Waals surface area (Å²) in [7, 11) is 1.60. The number of carbonyl (C=O) groups excluding carboxylic acids is 1. The molecule has 0 N–H and O–H groups in total. The zero-order valence-corrected chi connectivity index (χ0v) is 15.5. The van der Waals surface area contributed by atoms with Gasteiger partial charge < -0.3 is 4.74 Å². The van der Waals surface area contributed by atoms with Gasteiger partial charge in [0.25, 0.3) is 0 Å². The molecule has 3 heteroatoms. The van der Waals surface area contributed by atoms with E-state index in [9.17, 15) is 4.79 Å². The van der Waals surface area contributed by atoms with Crippen molar-refractivity contribution in [2.24, 2.45) is 0 Å². The third kappa shape index (κ3) is 8.77. The summed E-state index contributed by atoms with van der Waals surface area (Å²) in [5, 5.41) is 0. The van der Waals surface area contributed by atoms with Crippen LogP contribution in [0.25, 0.3) is 0 Å². The first-order valence-electron chi connectivity index (χ1n) is 8.09. The number of carbonyl (C=O) groups is 1. The summed E-state index contributed by atoms with van der Waals surface area (Å²) in [6.45, 7) is 6.37. The first-order valence-corrected chi connectivity index (χ1v) is 8.97. The smallest absolute Gasteiger partial charge is 0.172 e. The Hall–Kier alpha value is -1.32. The van der Waals surface area contributed by atoms with Gasteiger partial charge >= 0.3 is 0 Å². The highest BCUT2D eigenvalue weighted by Gasteiger charge is 2.18. The quantitative estimate of drug-likeness (QED) is 0.308. The molecule has 0 saturated carbocycles. The molecular formula is C20H28O2S. The Labute approximate surface area is 145 Å². The molecule has 1 rings (SSSR count). The molecule has 23 heavy (non-hydrogen) atoms. The van der Waals surface area contributed by atoms with E-state index in [0.717, 1.165) is 24.2 Å². The number of hydrogen-bond acceptors (Lipinski definition) is 3. The lowest BCUT2D eigenvalue weighted by Crippen LogP contribution is -2.18. The van der Waals surface area contributed by atoms with Gasteiger partial charge in [-0.05, 0) is 52.2 Å². The maximum atomic E-state index is 12.3. The minimum Gasteiger partial charge on any atom is -0.363 e. The van der Waals surface area contributed by atoms with Crippen molar-refractivity contribution in [2.45, 2.75) is 56.8 Å². The predicted molar refractivity (Wildman–Crippen MR) is 99.8 cm³/mol. The number of ether oxygens (including phenoxy) is 1. The Balaban J connectivity index is 2.40. The molecule has 0 spiro atoms. The Morgan fingerprint density at radius 1 is 1.09 bits per heavy atom. The Morgan fingerprint density at radius 2 is 1.74 bits per heavy atom. The summed E-state index contributed by atoms with van der Waals surface area (Å²) < 4.78 is 5.35. The van der Waals surface area contributed by atoms with E-state index in [2.05, 4.69) is 32.9 Å². The summed E-state index contributed by atoms with van der Waals surface area (Å²) in [6.07, 6.45) is 7.87. The molecule has 0 heterocycles. The normalized spacial score (nSPS) is 12.8. The van der Waals surface area contributed by atoms with Crippen molar-refractivity contribution in [1.82, 2.24) is 0 Å². The van der Waals surface area contributed by atoms with Crippen molar-refractivity contribution in [2.75, 3.05) is 7.11 Å². The highest BCUT2D eigenvalue weighted by molar-refractivity contribution is 8.00. The van der Waals surface area contributed by atoms with Crippen LogP contribution in [0.1, 0.15) is 46.5 Å². The van der Waals surface area contributed by atoms with Crippen molar-refractivity contribution in [1.29, 1.82) is 0 Å². The molecule has 0 aliphatic heterocycles. The lowest BCUT2D eigenvalue weighted by molar-refractivity contribution is -0.124. The molecule has 0 radical (unpaired) electrons. The van der Waals surface area contributed by atoms with Gasteiger partial charge in [0.15, 0.2) is 11.2 Å². The van der Waals surface area contributed by atoms with E-state index in [4.69, 9.17) is 4.74 Å². The summed E-state index contributed by atoms with van der Waals surface area (Å²) in [5.41, 5.74) is 2.28.